The predicted octanol–water partition coefficient (Wildman–Crippen LogP) is 3.00. The molecule has 0 spiro atoms. The highest BCUT2D eigenvalue weighted by atomic mass is 79.9. The second-order valence-corrected chi connectivity index (χ2v) is 4.11. The van der Waals surface area contributed by atoms with E-state index in [-0.39, 0.29) is 0 Å². The summed E-state index contributed by atoms with van der Waals surface area (Å²) in [5.74, 6) is 0. The van der Waals surface area contributed by atoms with Crippen LogP contribution >= 0.6 is 15.9 Å². The molecule has 1 aromatic rings. The molecular formula is C12H16BrNO. The lowest BCUT2D eigenvalue weighted by molar-refractivity contribution is 0.125. The molecule has 0 aliphatic carbocycles. The molecule has 0 bridgehead atoms. The van der Waals surface area contributed by atoms with Crippen LogP contribution in [0.4, 0.5) is 0 Å². The fourth-order valence-electron chi connectivity index (χ4n) is 1.18. The number of rotatable bonds is 6. The van der Waals surface area contributed by atoms with E-state index in [1.54, 1.807) is 0 Å². The minimum Gasteiger partial charge on any atom is -0.376 e. The summed E-state index contributed by atoms with van der Waals surface area (Å²) in [7, 11) is 0. The Kier molecular flexibility index (Phi) is 5.61. The standard InChI is InChI=1S/C12H16BrNO/c1-2-3-6-15-9-11-5-4-10(8-14)7-12(11)13/h2,4-5,7H,1,3,6,8-9,14H2. The predicted molar refractivity (Wildman–Crippen MR) is 66.5 cm³/mol. The second kappa shape index (κ2) is 6.77. The average molecular weight is 270 g/mol. The van der Waals surface area contributed by atoms with E-state index in [1.807, 2.05) is 24.3 Å². The molecule has 0 saturated heterocycles. The van der Waals surface area contributed by atoms with Gasteiger partial charge in [0, 0.05) is 11.0 Å². The van der Waals surface area contributed by atoms with Crippen LogP contribution in [0.3, 0.4) is 0 Å². The van der Waals surface area contributed by atoms with Crippen molar-refractivity contribution in [3.8, 4) is 0 Å². The van der Waals surface area contributed by atoms with Crippen molar-refractivity contribution in [3.63, 3.8) is 0 Å². The number of halogens is 1. The second-order valence-electron chi connectivity index (χ2n) is 3.26. The molecule has 2 nitrogen and oxygen atoms in total. The number of benzene rings is 1. The number of ether oxygens (including phenoxy) is 1. The molecule has 1 aromatic carbocycles. The van der Waals surface area contributed by atoms with E-state index in [9.17, 15) is 0 Å². The van der Waals surface area contributed by atoms with Gasteiger partial charge in [0.25, 0.3) is 0 Å². The maximum absolute atomic E-state index is 5.55. The van der Waals surface area contributed by atoms with Crippen LogP contribution in [-0.4, -0.2) is 6.61 Å². The van der Waals surface area contributed by atoms with Gasteiger partial charge in [-0.2, -0.15) is 0 Å². The summed E-state index contributed by atoms with van der Waals surface area (Å²) >= 11 is 3.50. The van der Waals surface area contributed by atoms with E-state index in [4.69, 9.17) is 10.5 Å². The lowest BCUT2D eigenvalue weighted by Gasteiger charge is -2.06. The van der Waals surface area contributed by atoms with Gasteiger partial charge in [-0.05, 0) is 23.6 Å². The van der Waals surface area contributed by atoms with Gasteiger partial charge in [0.1, 0.15) is 0 Å². The Hall–Kier alpha value is -0.640. The summed E-state index contributed by atoms with van der Waals surface area (Å²) in [5, 5.41) is 0. The Labute approximate surface area is 99.3 Å². The highest BCUT2D eigenvalue weighted by Crippen LogP contribution is 2.19. The largest absolute Gasteiger partial charge is 0.376 e. The van der Waals surface area contributed by atoms with Crippen molar-refractivity contribution in [1.29, 1.82) is 0 Å². The first-order chi connectivity index (χ1) is 7.27. The molecule has 3 heteroatoms. The van der Waals surface area contributed by atoms with Gasteiger partial charge in [-0.15, -0.1) is 6.58 Å². The van der Waals surface area contributed by atoms with Gasteiger partial charge in [-0.3, -0.25) is 0 Å². The molecule has 2 N–H and O–H groups in total. The zero-order valence-electron chi connectivity index (χ0n) is 8.71. The Morgan fingerprint density at radius 1 is 1.47 bits per heavy atom. The van der Waals surface area contributed by atoms with Gasteiger partial charge in [-0.25, -0.2) is 0 Å². The zero-order valence-corrected chi connectivity index (χ0v) is 10.3. The molecule has 0 aliphatic heterocycles. The first-order valence-electron chi connectivity index (χ1n) is 4.94. The summed E-state index contributed by atoms with van der Waals surface area (Å²) in [4.78, 5) is 0. The van der Waals surface area contributed by atoms with Crippen molar-refractivity contribution in [2.24, 2.45) is 5.73 Å². The molecule has 0 radical (unpaired) electrons. The van der Waals surface area contributed by atoms with Crippen LogP contribution in [0.2, 0.25) is 0 Å². The van der Waals surface area contributed by atoms with Gasteiger partial charge < -0.3 is 10.5 Å². The maximum atomic E-state index is 5.55. The van der Waals surface area contributed by atoms with Crippen molar-refractivity contribution >= 4 is 15.9 Å². The fourth-order valence-corrected chi connectivity index (χ4v) is 1.72. The summed E-state index contributed by atoms with van der Waals surface area (Å²) < 4.78 is 6.54. The van der Waals surface area contributed by atoms with Gasteiger partial charge in [0.05, 0.1) is 13.2 Å². The van der Waals surface area contributed by atoms with Gasteiger partial charge >= 0.3 is 0 Å². The van der Waals surface area contributed by atoms with E-state index in [0.717, 1.165) is 22.0 Å². The van der Waals surface area contributed by atoms with Gasteiger partial charge in [0.2, 0.25) is 0 Å². The van der Waals surface area contributed by atoms with E-state index in [2.05, 4.69) is 22.5 Å². The minimum absolute atomic E-state index is 0.566. The summed E-state index contributed by atoms with van der Waals surface area (Å²) in [6.45, 7) is 5.55. The summed E-state index contributed by atoms with van der Waals surface area (Å²) in [6.07, 6.45) is 2.74. The number of hydrogen-bond donors (Lipinski definition) is 1. The monoisotopic (exact) mass is 269 g/mol. The Morgan fingerprint density at radius 2 is 2.27 bits per heavy atom. The van der Waals surface area contributed by atoms with E-state index >= 15 is 0 Å². The Morgan fingerprint density at radius 3 is 2.87 bits per heavy atom. The van der Waals surface area contributed by atoms with Crippen LogP contribution in [0.15, 0.2) is 35.3 Å². The third-order valence-corrected chi connectivity index (χ3v) is 2.82. The maximum Gasteiger partial charge on any atom is 0.0727 e. The minimum atomic E-state index is 0.566. The number of hydrogen-bond acceptors (Lipinski definition) is 2. The molecule has 0 aromatic heterocycles. The lowest BCUT2D eigenvalue weighted by Crippen LogP contribution is -1.99. The van der Waals surface area contributed by atoms with Crippen molar-refractivity contribution in [1.82, 2.24) is 0 Å². The molecule has 0 unspecified atom stereocenters. The van der Waals surface area contributed by atoms with Crippen molar-refractivity contribution < 1.29 is 4.74 Å². The lowest BCUT2D eigenvalue weighted by atomic mass is 10.1. The molecule has 0 atom stereocenters. The summed E-state index contributed by atoms with van der Waals surface area (Å²) in [5.41, 5.74) is 7.82. The first-order valence-corrected chi connectivity index (χ1v) is 5.73. The van der Waals surface area contributed by atoms with Crippen molar-refractivity contribution in [2.75, 3.05) is 6.61 Å². The fraction of sp³-hybridized carbons (Fsp3) is 0.333. The third-order valence-electron chi connectivity index (χ3n) is 2.08. The van der Waals surface area contributed by atoms with E-state index in [0.29, 0.717) is 19.8 Å². The zero-order chi connectivity index (χ0) is 11.1. The summed E-state index contributed by atoms with van der Waals surface area (Å²) in [6, 6.07) is 6.10. The highest BCUT2D eigenvalue weighted by Gasteiger charge is 2.00. The van der Waals surface area contributed by atoms with Crippen LogP contribution < -0.4 is 5.73 Å². The topological polar surface area (TPSA) is 35.2 Å². The quantitative estimate of drug-likeness (QED) is 0.637. The van der Waals surface area contributed by atoms with Crippen molar-refractivity contribution in [2.45, 2.75) is 19.6 Å². The van der Waals surface area contributed by atoms with Crippen LogP contribution in [0, 0.1) is 0 Å². The molecule has 0 fully saturated rings. The SMILES string of the molecule is C=CCCOCc1ccc(CN)cc1Br. The average Bonchev–Trinajstić information content (AvgIpc) is 2.26. The van der Waals surface area contributed by atoms with Crippen LogP contribution in [-0.2, 0) is 17.9 Å². The molecule has 0 aliphatic rings. The molecule has 1 rings (SSSR count). The molecule has 0 amide bonds. The third kappa shape index (κ3) is 4.16. The first kappa shape index (κ1) is 12.4. The highest BCUT2D eigenvalue weighted by molar-refractivity contribution is 9.10. The van der Waals surface area contributed by atoms with Crippen molar-refractivity contribution in [3.05, 3.63) is 46.5 Å². The Balaban J connectivity index is 2.50. The molecule has 0 saturated carbocycles. The van der Waals surface area contributed by atoms with Gasteiger partial charge in [-0.1, -0.05) is 34.1 Å². The molecule has 82 valence electrons. The van der Waals surface area contributed by atoms with Crippen LogP contribution in [0.1, 0.15) is 17.5 Å². The van der Waals surface area contributed by atoms with Gasteiger partial charge in [0.15, 0.2) is 0 Å². The number of nitrogens with two attached hydrogens (primary N) is 1. The Bertz CT molecular complexity index is 325. The van der Waals surface area contributed by atoms with Crippen LogP contribution in [0.25, 0.3) is 0 Å². The smallest absolute Gasteiger partial charge is 0.0727 e. The van der Waals surface area contributed by atoms with Crippen LogP contribution in [0.5, 0.6) is 0 Å². The normalized spacial score (nSPS) is 10.3. The van der Waals surface area contributed by atoms with E-state index in [1.165, 1.54) is 0 Å². The van der Waals surface area contributed by atoms with E-state index < -0.39 is 0 Å². The molecule has 15 heavy (non-hydrogen) atoms. The molecular weight excluding hydrogens is 254 g/mol. The molecule has 0 heterocycles.